The first-order valence-corrected chi connectivity index (χ1v) is 15.9. The molecule has 0 amide bonds. The van der Waals surface area contributed by atoms with E-state index in [1.54, 1.807) is 0 Å². The number of rotatable bonds is 4. The van der Waals surface area contributed by atoms with E-state index in [4.69, 9.17) is 0 Å². The summed E-state index contributed by atoms with van der Waals surface area (Å²) >= 11 is 0. The van der Waals surface area contributed by atoms with E-state index in [2.05, 4.69) is 181 Å². The maximum atomic E-state index is 2.48. The van der Waals surface area contributed by atoms with E-state index in [1.807, 2.05) is 0 Å². The van der Waals surface area contributed by atoms with Crippen molar-refractivity contribution in [2.75, 3.05) is 0 Å². The Balaban J connectivity index is 1.33. The van der Waals surface area contributed by atoms with E-state index >= 15 is 0 Å². The van der Waals surface area contributed by atoms with Gasteiger partial charge >= 0.3 is 0 Å². The van der Waals surface area contributed by atoms with Crippen LogP contribution in [-0.4, -0.2) is 9.13 Å². The van der Waals surface area contributed by atoms with Crippen LogP contribution in [0.2, 0.25) is 0 Å². The molecule has 0 saturated carbocycles. The number of para-hydroxylation sites is 2. The number of aromatic nitrogens is 2. The number of benzene rings is 7. The zero-order chi connectivity index (χ0) is 30.8. The molecule has 2 heterocycles. The van der Waals surface area contributed by atoms with Crippen molar-refractivity contribution in [3.63, 3.8) is 0 Å². The van der Waals surface area contributed by atoms with E-state index in [9.17, 15) is 0 Å². The molecule has 2 aromatic heterocycles. The third kappa shape index (κ3) is 4.11. The van der Waals surface area contributed by atoms with Gasteiger partial charge in [0.2, 0.25) is 0 Å². The van der Waals surface area contributed by atoms with Gasteiger partial charge in [-0.2, -0.15) is 0 Å². The first kappa shape index (κ1) is 26.5. The molecule has 0 fully saturated rings. The van der Waals surface area contributed by atoms with Crippen molar-refractivity contribution in [3.05, 3.63) is 169 Å². The Morgan fingerprint density at radius 3 is 1.61 bits per heavy atom. The predicted octanol–water partition coefficient (Wildman–Crippen LogP) is 11.8. The Kier molecular flexibility index (Phi) is 5.97. The second kappa shape index (κ2) is 10.4. The minimum atomic E-state index is 1.16. The lowest BCUT2D eigenvalue weighted by molar-refractivity contribution is 1.17. The first-order valence-electron chi connectivity index (χ1n) is 15.9. The fraction of sp³-hybridized carbons (Fsp3) is 0.0455. The molecule has 0 unspecified atom stereocenters. The Hall–Kier alpha value is -5.86. The maximum Gasteiger partial charge on any atom is 0.0641 e. The van der Waals surface area contributed by atoms with Gasteiger partial charge in [0.05, 0.1) is 22.1 Å². The summed E-state index contributed by atoms with van der Waals surface area (Å²) in [7, 11) is 0. The van der Waals surface area contributed by atoms with Crippen LogP contribution in [0.1, 0.15) is 11.1 Å². The molecule has 0 atom stereocenters. The van der Waals surface area contributed by atoms with Gasteiger partial charge in [-0.3, -0.25) is 0 Å². The lowest BCUT2D eigenvalue weighted by atomic mass is 9.98. The van der Waals surface area contributed by atoms with E-state index in [-0.39, 0.29) is 0 Å². The molecule has 0 aliphatic carbocycles. The highest BCUT2D eigenvalue weighted by Crippen LogP contribution is 2.42. The van der Waals surface area contributed by atoms with Crippen LogP contribution < -0.4 is 0 Å². The van der Waals surface area contributed by atoms with Crippen molar-refractivity contribution in [1.29, 1.82) is 0 Å². The number of hydrogen-bond acceptors (Lipinski definition) is 0. The van der Waals surface area contributed by atoms with Gasteiger partial charge in [-0.05, 0) is 90.2 Å². The summed E-state index contributed by atoms with van der Waals surface area (Å²) in [6.07, 6.45) is 0. The Morgan fingerprint density at radius 1 is 0.348 bits per heavy atom. The zero-order valence-corrected chi connectivity index (χ0v) is 25.9. The Bertz CT molecular complexity index is 2610. The fourth-order valence-electron chi connectivity index (χ4n) is 7.35. The number of nitrogens with zero attached hydrogens (tertiary/aromatic N) is 2. The van der Waals surface area contributed by atoms with Crippen LogP contribution in [0.3, 0.4) is 0 Å². The van der Waals surface area contributed by atoms with Crippen LogP contribution in [0.5, 0.6) is 0 Å². The van der Waals surface area contributed by atoms with Crippen LogP contribution in [-0.2, 0) is 0 Å². The van der Waals surface area contributed by atoms with E-state index in [0.29, 0.717) is 0 Å². The highest BCUT2D eigenvalue weighted by atomic mass is 15.0. The van der Waals surface area contributed by atoms with Crippen molar-refractivity contribution in [3.8, 4) is 33.6 Å². The molecule has 218 valence electrons. The average Bonchev–Trinajstić information content (AvgIpc) is 3.61. The van der Waals surface area contributed by atoms with Crippen LogP contribution in [0.15, 0.2) is 158 Å². The fourth-order valence-corrected chi connectivity index (χ4v) is 7.35. The van der Waals surface area contributed by atoms with Crippen LogP contribution in [0.25, 0.3) is 77.2 Å². The highest BCUT2D eigenvalue weighted by molar-refractivity contribution is 6.26. The quantitative estimate of drug-likeness (QED) is 0.194. The van der Waals surface area contributed by atoms with Crippen molar-refractivity contribution in [1.82, 2.24) is 9.13 Å². The van der Waals surface area contributed by atoms with E-state index in [1.165, 1.54) is 82.7 Å². The maximum absolute atomic E-state index is 2.48. The minimum absolute atomic E-state index is 1.16. The van der Waals surface area contributed by atoms with Gasteiger partial charge < -0.3 is 9.13 Å². The van der Waals surface area contributed by atoms with Gasteiger partial charge in [0, 0.05) is 32.9 Å². The second-order valence-corrected chi connectivity index (χ2v) is 12.4. The summed E-state index contributed by atoms with van der Waals surface area (Å²) in [5.41, 5.74) is 14.6. The Morgan fingerprint density at radius 2 is 0.891 bits per heavy atom. The molecule has 9 aromatic rings. The molecule has 0 saturated heterocycles. The standard InChI is InChI=1S/C44H32N2/c1-29-11-7-13-31(25-29)32-14-9-15-33(27-32)34-16-10-18-36(28-34)46-40-21-5-3-19-37(40)38-23-24-42-43(44(38)46)39-20-4-6-22-41(39)45(42)35-17-8-12-30(2)26-35/h3-28H,1-2H3. The molecule has 2 heteroatoms. The van der Waals surface area contributed by atoms with Gasteiger partial charge in [0.25, 0.3) is 0 Å². The van der Waals surface area contributed by atoms with E-state index < -0.39 is 0 Å². The van der Waals surface area contributed by atoms with Crippen LogP contribution in [0.4, 0.5) is 0 Å². The van der Waals surface area contributed by atoms with Crippen LogP contribution >= 0.6 is 0 Å². The monoisotopic (exact) mass is 588 g/mol. The second-order valence-electron chi connectivity index (χ2n) is 12.4. The number of fused-ring (bicyclic) bond motifs is 7. The molecular weight excluding hydrogens is 556 g/mol. The summed E-state index contributed by atoms with van der Waals surface area (Å²) in [5.74, 6) is 0. The third-order valence-corrected chi connectivity index (χ3v) is 9.38. The summed E-state index contributed by atoms with van der Waals surface area (Å²) in [6, 6.07) is 57.8. The van der Waals surface area contributed by atoms with Gasteiger partial charge in [-0.15, -0.1) is 0 Å². The minimum Gasteiger partial charge on any atom is -0.309 e. The SMILES string of the molecule is Cc1cccc(-c2cccc(-c3cccc(-n4c5ccccc5c5ccc6c(c7ccccc7n6-c6cccc(C)c6)c54)c3)c2)c1. The van der Waals surface area contributed by atoms with Crippen molar-refractivity contribution in [2.45, 2.75) is 13.8 Å². The molecule has 0 bridgehead atoms. The topological polar surface area (TPSA) is 9.86 Å². The zero-order valence-electron chi connectivity index (χ0n) is 25.9. The smallest absolute Gasteiger partial charge is 0.0641 e. The van der Waals surface area contributed by atoms with Gasteiger partial charge in [0.15, 0.2) is 0 Å². The predicted molar refractivity (Wildman–Crippen MR) is 195 cm³/mol. The molecule has 0 N–H and O–H groups in total. The van der Waals surface area contributed by atoms with Gasteiger partial charge in [-0.25, -0.2) is 0 Å². The van der Waals surface area contributed by atoms with Crippen molar-refractivity contribution < 1.29 is 0 Å². The summed E-state index contributed by atoms with van der Waals surface area (Å²) in [5, 5.41) is 5.06. The molecular formula is C44H32N2. The first-order chi connectivity index (χ1) is 22.6. The van der Waals surface area contributed by atoms with Crippen molar-refractivity contribution in [2.24, 2.45) is 0 Å². The largest absolute Gasteiger partial charge is 0.309 e. The van der Waals surface area contributed by atoms with E-state index in [0.717, 1.165) is 5.69 Å². The average molecular weight is 589 g/mol. The Labute approximate surface area is 268 Å². The van der Waals surface area contributed by atoms with Crippen LogP contribution in [0, 0.1) is 13.8 Å². The summed E-state index contributed by atoms with van der Waals surface area (Å²) < 4.78 is 4.90. The molecule has 0 radical (unpaired) electrons. The molecule has 0 aliphatic heterocycles. The normalized spacial score (nSPS) is 11.7. The number of aryl methyl sites for hydroxylation is 2. The molecule has 9 rings (SSSR count). The highest BCUT2D eigenvalue weighted by Gasteiger charge is 2.20. The summed E-state index contributed by atoms with van der Waals surface area (Å²) in [6.45, 7) is 4.31. The summed E-state index contributed by atoms with van der Waals surface area (Å²) in [4.78, 5) is 0. The lowest BCUT2D eigenvalue weighted by Gasteiger charge is -2.12. The molecule has 7 aromatic carbocycles. The van der Waals surface area contributed by atoms with Gasteiger partial charge in [0.1, 0.15) is 0 Å². The molecule has 0 aliphatic rings. The molecule has 46 heavy (non-hydrogen) atoms. The number of hydrogen-bond donors (Lipinski definition) is 0. The molecule has 0 spiro atoms. The third-order valence-electron chi connectivity index (χ3n) is 9.38. The van der Waals surface area contributed by atoms with Crippen molar-refractivity contribution >= 4 is 43.6 Å². The lowest BCUT2D eigenvalue weighted by Crippen LogP contribution is -1.96. The van der Waals surface area contributed by atoms with Gasteiger partial charge in [-0.1, -0.05) is 115 Å². The molecule has 2 nitrogen and oxygen atoms in total.